The largest absolute Gasteiger partial charge is 0.495 e. The maximum absolute atomic E-state index is 12.8. The molecule has 134 valence electrons. The molecule has 0 unspecified atom stereocenters. The lowest BCUT2D eigenvalue weighted by Gasteiger charge is -2.41. The summed E-state index contributed by atoms with van der Waals surface area (Å²) in [5, 5.41) is 0. The van der Waals surface area contributed by atoms with Gasteiger partial charge in [0.25, 0.3) is 0 Å². The van der Waals surface area contributed by atoms with Crippen LogP contribution in [-0.2, 0) is 11.3 Å². The molecule has 25 heavy (non-hydrogen) atoms. The summed E-state index contributed by atoms with van der Waals surface area (Å²) in [5.41, 5.74) is 1.90. The number of nitrogens with one attached hydrogen (secondary N) is 1. The monoisotopic (exact) mass is 342 g/mol. The van der Waals surface area contributed by atoms with Crippen LogP contribution in [0.15, 0.2) is 36.8 Å². The van der Waals surface area contributed by atoms with Crippen molar-refractivity contribution in [3.63, 3.8) is 0 Å². The molecule has 1 amide bonds. The molecule has 1 atom stereocenters. The fourth-order valence-corrected chi connectivity index (χ4v) is 3.39. The number of piperazine rings is 1. The second-order valence-electron chi connectivity index (χ2n) is 6.45. The fraction of sp³-hybridized carbons (Fsp3) is 0.474. The number of aromatic amines is 1. The normalized spacial score (nSPS) is 18.6. The van der Waals surface area contributed by atoms with Gasteiger partial charge in [0.15, 0.2) is 0 Å². The zero-order valence-corrected chi connectivity index (χ0v) is 14.9. The first-order valence-electron chi connectivity index (χ1n) is 8.87. The number of imidazole rings is 1. The average Bonchev–Trinajstić information content (AvgIpc) is 3.14. The molecule has 0 aliphatic carbocycles. The van der Waals surface area contributed by atoms with Crippen LogP contribution in [0.1, 0.15) is 31.9 Å². The van der Waals surface area contributed by atoms with E-state index in [1.165, 1.54) is 0 Å². The molecular weight excluding hydrogens is 316 g/mol. The molecule has 0 bridgehead atoms. The number of anilines is 1. The molecule has 6 heteroatoms. The van der Waals surface area contributed by atoms with Crippen LogP contribution >= 0.6 is 0 Å². The lowest BCUT2D eigenvalue weighted by atomic mass is 10.0. The number of hydrogen-bond donors (Lipinski definition) is 1. The summed E-state index contributed by atoms with van der Waals surface area (Å²) in [5.74, 6) is 0.851. The standard InChI is InChI=1S/C19H26N4O2/c1-3-4-7-16-12-23(17-8-5-6-9-18(17)25-2)19(24)13-22(16)11-15-10-20-14-21-15/h5-6,8-10,14,16H,3-4,7,11-13H2,1-2H3,(H,20,21)/t16-/m0/s1. The van der Waals surface area contributed by atoms with Crippen LogP contribution in [0.25, 0.3) is 0 Å². The minimum Gasteiger partial charge on any atom is -0.495 e. The van der Waals surface area contributed by atoms with E-state index in [0.717, 1.165) is 42.9 Å². The van der Waals surface area contributed by atoms with Gasteiger partial charge in [-0.25, -0.2) is 4.98 Å². The highest BCUT2D eigenvalue weighted by atomic mass is 16.5. The number of methoxy groups -OCH3 is 1. The first-order valence-corrected chi connectivity index (χ1v) is 8.87. The van der Waals surface area contributed by atoms with Crippen molar-refractivity contribution in [3.05, 3.63) is 42.5 Å². The first-order chi connectivity index (χ1) is 12.2. The van der Waals surface area contributed by atoms with Crippen LogP contribution in [-0.4, -0.2) is 47.0 Å². The molecule has 1 aromatic heterocycles. The van der Waals surface area contributed by atoms with Crippen LogP contribution in [0.2, 0.25) is 0 Å². The zero-order chi connectivity index (χ0) is 17.6. The molecule has 6 nitrogen and oxygen atoms in total. The highest BCUT2D eigenvalue weighted by Crippen LogP contribution is 2.31. The molecule has 1 aliphatic heterocycles. The lowest BCUT2D eigenvalue weighted by molar-refractivity contribution is -0.122. The minimum absolute atomic E-state index is 0.108. The quantitative estimate of drug-likeness (QED) is 0.840. The van der Waals surface area contributed by atoms with Crippen LogP contribution in [0, 0.1) is 0 Å². The van der Waals surface area contributed by atoms with E-state index in [1.807, 2.05) is 35.4 Å². The number of rotatable bonds is 7. The number of carbonyl (C=O) groups excluding carboxylic acids is 1. The van der Waals surface area contributed by atoms with Crippen LogP contribution < -0.4 is 9.64 Å². The summed E-state index contributed by atoms with van der Waals surface area (Å²) >= 11 is 0. The summed E-state index contributed by atoms with van der Waals surface area (Å²) in [6.45, 7) is 4.02. The van der Waals surface area contributed by atoms with E-state index in [2.05, 4.69) is 21.8 Å². The van der Waals surface area contributed by atoms with Gasteiger partial charge in [0, 0.05) is 31.0 Å². The van der Waals surface area contributed by atoms with E-state index in [1.54, 1.807) is 13.4 Å². The maximum atomic E-state index is 12.8. The Morgan fingerprint density at radius 1 is 1.36 bits per heavy atom. The lowest BCUT2D eigenvalue weighted by Crippen LogP contribution is -2.56. The van der Waals surface area contributed by atoms with Crippen LogP contribution in [0.5, 0.6) is 5.75 Å². The SMILES string of the molecule is CCCC[C@H]1CN(c2ccccc2OC)C(=O)CN1Cc1cnc[nH]1. The number of ether oxygens (including phenoxy) is 1. The molecule has 0 saturated carbocycles. The Bertz CT molecular complexity index is 686. The highest BCUT2D eigenvalue weighted by Gasteiger charge is 2.33. The van der Waals surface area contributed by atoms with Gasteiger partial charge in [0.2, 0.25) is 5.91 Å². The highest BCUT2D eigenvalue weighted by molar-refractivity contribution is 5.97. The van der Waals surface area contributed by atoms with Gasteiger partial charge in [-0.05, 0) is 18.6 Å². The number of unbranched alkanes of at least 4 members (excludes halogenated alkanes) is 1. The van der Waals surface area contributed by atoms with Gasteiger partial charge in [-0.2, -0.15) is 0 Å². The number of aromatic nitrogens is 2. The topological polar surface area (TPSA) is 61.5 Å². The van der Waals surface area contributed by atoms with Crippen molar-refractivity contribution in [2.24, 2.45) is 0 Å². The Morgan fingerprint density at radius 3 is 2.92 bits per heavy atom. The Labute approximate surface area is 148 Å². The fourth-order valence-electron chi connectivity index (χ4n) is 3.39. The van der Waals surface area contributed by atoms with Crippen LogP contribution in [0.4, 0.5) is 5.69 Å². The van der Waals surface area contributed by atoms with E-state index >= 15 is 0 Å². The molecule has 1 aromatic carbocycles. The molecule has 2 heterocycles. The molecule has 2 aromatic rings. The second kappa shape index (κ2) is 8.16. The number of para-hydroxylation sites is 2. The third-order valence-electron chi connectivity index (χ3n) is 4.74. The van der Waals surface area contributed by atoms with Gasteiger partial charge in [0.05, 0.1) is 25.7 Å². The Hall–Kier alpha value is -2.34. The van der Waals surface area contributed by atoms with Gasteiger partial charge in [0.1, 0.15) is 5.75 Å². The van der Waals surface area contributed by atoms with Crippen molar-refractivity contribution < 1.29 is 9.53 Å². The van der Waals surface area contributed by atoms with Crippen molar-refractivity contribution >= 4 is 11.6 Å². The number of nitrogens with zero attached hydrogens (tertiary/aromatic N) is 3. The molecule has 3 rings (SSSR count). The smallest absolute Gasteiger partial charge is 0.241 e. The summed E-state index contributed by atoms with van der Waals surface area (Å²) < 4.78 is 5.45. The van der Waals surface area contributed by atoms with Gasteiger partial charge < -0.3 is 14.6 Å². The zero-order valence-electron chi connectivity index (χ0n) is 14.9. The number of benzene rings is 1. The molecule has 1 fully saturated rings. The Kier molecular flexibility index (Phi) is 5.71. The number of amides is 1. The van der Waals surface area contributed by atoms with E-state index < -0.39 is 0 Å². The average molecular weight is 342 g/mol. The molecule has 0 spiro atoms. The number of hydrogen-bond acceptors (Lipinski definition) is 4. The van der Waals surface area contributed by atoms with Crippen LogP contribution in [0.3, 0.4) is 0 Å². The predicted molar refractivity (Wildman–Crippen MR) is 97.7 cm³/mol. The molecule has 0 radical (unpaired) electrons. The minimum atomic E-state index is 0.108. The molecule has 1 N–H and O–H groups in total. The van der Waals surface area contributed by atoms with Gasteiger partial charge in [-0.15, -0.1) is 0 Å². The second-order valence-corrected chi connectivity index (χ2v) is 6.45. The third kappa shape index (κ3) is 4.02. The van der Waals surface area contributed by atoms with Crippen molar-refractivity contribution in [2.45, 2.75) is 38.8 Å². The van der Waals surface area contributed by atoms with Gasteiger partial charge in [-0.1, -0.05) is 31.9 Å². The summed E-state index contributed by atoms with van der Waals surface area (Å²) in [4.78, 5) is 24.2. The van der Waals surface area contributed by atoms with E-state index in [0.29, 0.717) is 19.1 Å². The molecule has 1 aliphatic rings. The van der Waals surface area contributed by atoms with E-state index in [4.69, 9.17) is 4.74 Å². The predicted octanol–water partition coefficient (Wildman–Crippen LogP) is 2.83. The third-order valence-corrected chi connectivity index (χ3v) is 4.74. The van der Waals surface area contributed by atoms with Crippen molar-refractivity contribution in [1.82, 2.24) is 14.9 Å². The molecule has 1 saturated heterocycles. The molecular formula is C19H26N4O2. The number of carbonyl (C=O) groups is 1. The maximum Gasteiger partial charge on any atom is 0.241 e. The Balaban J connectivity index is 1.80. The summed E-state index contributed by atoms with van der Waals surface area (Å²) in [7, 11) is 1.65. The van der Waals surface area contributed by atoms with Crippen molar-refractivity contribution in [3.8, 4) is 5.75 Å². The van der Waals surface area contributed by atoms with E-state index in [9.17, 15) is 4.79 Å². The van der Waals surface area contributed by atoms with Crippen molar-refractivity contribution in [2.75, 3.05) is 25.1 Å². The summed E-state index contributed by atoms with van der Waals surface area (Å²) in [6.07, 6.45) is 6.88. The number of H-pyrrole nitrogens is 1. The van der Waals surface area contributed by atoms with Gasteiger partial charge in [-0.3, -0.25) is 9.69 Å². The van der Waals surface area contributed by atoms with E-state index in [-0.39, 0.29) is 5.91 Å². The summed E-state index contributed by atoms with van der Waals surface area (Å²) in [6, 6.07) is 8.06. The Morgan fingerprint density at radius 2 is 2.20 bits per heavy atom. The first kappa shape index (κ1) is 17.5. The van der Waals surface area contributed by atoms with Crippen molar-refractivity contribution in [1.29, 1.82) is 0 Å². The van der Waals surface area contributed by atoms with Gasteiger partial charge >= 0.3 is 0 Å².